The van der Waals surface area contributed by atoms with Crippen LogP contribution < -0.4 is 10.6 Å². The molecule has 100 valence electrons. The van der Waals surface area contributed by atoms with Gasteiger partial charge in [-0.1, -0.05) is 6.08 Å². The van der Waals surface area contributed by atoms with Gasteiger partial charge < -0.3 is 15.7 Å². The van der Waals surface area contributed by atoms with Gasteiger partial charge in [0.25, 0.3) is 0 Å². The number of urea groups is 1. The summed E-state index contributed by atoms with van der Waals surface area (Å²) in [5, 5.41) is 14.2. The van der Waals surface area contributed by atoms with Gasteiger partial charge in [-0.2, -0.15) is 0 Å². The van der Waals surface area contributed by atoms with Crippen LogP contribution in [0.25, 0.3) is 0 Å². The smallest absolute Gasteiger partial charge is 0.326 e. The molecule has 1 unspecified atom stereocenters. The first-order chi connectivity index (χ1) is 8.57. The molecular weight excluding hydrogens is 232 g/mol. The molecule has 2 aliphatic carbocycles. The fourth-order valence-corrected chi connectivity index (χ4v) is 2.44. The van der Waals surface area contributed by atoms with Crippen molar-refractivity contribution in [3.63, 3.8) is 0 Å². The van der Waals surface area contributed by atoms with E-state index in [0.717, 1.165) is 5.92 Å². The number of nitrogens with one attached hydrogen (secondary N) is 2. The Morgan fingerprint density at radius 2 is 2.11 bits per heavy atom. The Morgan fingerprint density at radius 1 is 1.44 bits per heavy atom. The lowest BCUT2D eigenvalue weighted by Crippen LogP contribution is -2.47. The Bertz CT molecular complexity index is 359. The van der Waals surface area contributed by atoms with Crippen molar-refractivity contribution in [3.8, 4) is 0 Å². The Labute approximate surface area is 107 Å². The van der Waals surface area contributed by atoms with Gasteiger partial charge in [0.05, 0.1) is 0 Å². The van der Waals surface area contributed by atoms with Gasteiger partial charge in [0, 0.05) is 6.54 Å². The minimum Gasteiger partial charge on any atom is -0.480 e. The van der Waals surface area contributed by atoms with Gasteiger partial charge in [0.15, 0.2) is 0 Å². The van der Waals surface area contributed by atoms with E-state index >= 15 is 0 Å². The summed E-state index contributed by atoms with van der Waals surface area (Å²) in [4.78, 5) is 22.5. The summed E-state index contributed by atoms with van der Waals surface area (Å²) in [5.74, 6) is -0.255. The molecule has 2 aliphatic rings. The monoisotopic (exact) mass is 252 g/mol. The molecule has 0 aromatic carbocycles. The zero-order chi connectivity index (χ0) is 13.2. The van der Waals surface area contributed by atoms with Gasteiger partial charge >= 0.3 is 12.0 Å². The highest BCUT2D eigenvalue weighted by Crippen LogP contribution is 2.60. The Hall–Kier alpha value is -1.52. The molecule has 0 radical (unpaired) electrons. The average molecular weight is 252 g/mol. The van der Waals surface area contributed by atoms with Crippen molar-refractivity contribution in [2.24, 2.45) is 11.3 Å². The summed E-state index contributed by atoms with van der Waals surface area (Å²) in [7, 11) is 0. The van der Waals surface area contributed by atoms with Crippen molar-refractivity contribution >= 4 is 12.0 Å². The van der Waals surface area contributed by atoms with Gasteiger partial charge in [0.2, 0.25) is 0 Å². The van der Waals surface area contributed by atoms with Crippen molar-refractivity contribution in [1.82, 2.24) is 10.6 Å². The Kier molecular flexibility index (Phi) is 3.59. The maximum atomic E-state index is 11.6. The lowest BCUT2D eigenvalue weighted by atomic mass is 10.0. The maximum Gasteiger partial charge on any atom is 0.326 e. The molecule has 2 rings (SSSR count). The van der Waals surface area contributed by atoms with Gasteiger partial charge in [0.1, 0.15) is 6.04 Å². The van der Waals surface area contributed by atoms with Crippen LogP contribution in [0.1, 0.15) is 32.1 Å². The first-order valence-electron chi connectivity index (χ1n) is 6.45. The van der Waals surface area contributed by atoms with Crippen molar-refractivity contribution < 1.29 is 14.7 Å². The minimum atomic E-state index is -1.03. The predicted molar refractivity (Wildman–Crippen MR) is 67.2 cm³/mol. The van der Waals surface area contributed by atoms with Crippen LogP contribution in [0.5, 0.6) is 0 Å². The molecular formula is C13H20N2O3. The van der Waals surface area contributed by atoms with Crippen LogP contribution in [-0.4, -0.2) is 29.7 Å². The molecule has 18 heavy (non-hydrogen) atoms. The number of carboxylic acid groups (broad SMARTS) is 1. The molecule has 0 aromatic rings. The molecule has 0 saturated heterocycles. The maximum absolute atomic E-state index is 11.6. The molecule has 0 bridgehead atoms. The van der Waals surface area contributed by atoms with E-state index in [0.29, 0.717) is 12.0 Å². The number of rotatable bonds is 7. The SMILES string of the molecule is C=CCC(NC(=O)NCC1(C2CC2)CC1)C(=O)O. The number of amides is 2. The lowest BCUT2D eigenvalue weighted by molar-refractivity contribution is -0.139. The molecule has 0 spiro atoms. The predicted octanol–water partition coefficient (Wildman–Crippen LogP) is 1.51. The van der Waals surface area contributed by atoms with Crippen LogP contribution in [0.4, 0.5) is 4.79 Å². The van der Waals surface area contributed by atoms with E-state index in [2.05, 4.69) is 17.2 Å². The van der Waals surface area contributed by atoms with Crippen molar-refractivity contribution in [3.05, 3.63) is 12.7 Å². The van der Waals surface area contributed by atoms with Crippen LogP contribution in [0, 0.1) is 11.3 Å². The highest BCUT2D eigenvalue weighted by Gasteiger charge is 2.53. The van der Waals surface area contributed by atoms with E-state index in [1.165, 1.54) is 31.8 Å². The molecule has 0 aliphatic heterocycles. The molecule has 2 saturated carbocycles. The van der Waals surface area contributed by atoms with Gasteiger partial charge in [-0.25, -0.2) is 9.59 Å². The molecule has 3 N–H and O–H groups in total. The summed E-state index contributed by atoms with van der Waals surface area (Å²) in [6, 6.07) is -1.28. The third-order valence-electron chi connectivity index (χ3n) is 3.94. The minimum absolute atomic E-state index is 0.233. The highest BCUT2D eigenvalue weighted by atomic mass is 16.4. The average Bonchev–Trinajstić information content (AvgIpc) is 3.15. The number of hydrogen-bond acceptors (Lipinski definition) is 2. The summed E-state index contributed by atoms with van der Waals surface area (Å²) in [6.07, 6.45) is 6.65. The molecule has 2 amide bonds. The summed E-state index contributed by atoms with van der Waals surface area (Å²) >= 11 is 0. The van der Waals surface area contributed by atoms with Crippen LogP contribution in [0.2, 0.25) is 0 Å². The third-order valence-corrected chi connectivity index (χ3v) is 3.94. The van der Waals surface area contributed by atoms with E-state index in [1.807, 2.05) is 0 Å². The van der Waals surface area contributed by atoms with E-state index in [4.69, 9.17) is 5.11 Å². The topological polar surface area (TPSA) is 78.4 Å². The summed E-state index contributed by atoms with van der Waals surface area (Å²) < 4.78 is 0. The first-order valence-corrected chi connectivity index (χ1v) is 6.45. The van der Waals surface area contributed by atoms with E-state index in [1.54, 1.807) is 0 Å². The number of carbonyl (C=O) groups is 2. The highest BCUT2D eigenvalue weighted by molar-refractivity contribution is 5.82. The van der Waals surface area contributed by atoms with Crippen LogP contribution >= 0.6 is 0 Å². The fraction of sp³-hybridized carbons (Fsp3) is 0.692. The standard InChI is InChI=1S/C13H20N2O3/c1-2-3-10(11(16)17)15-12(18)14-8-13(6-7-13)9-4-5-9/h2,9-10H,1,3-8H2,(H,16,17)(H2,14,15,18). The van der Waals surface area contributed by atoms with Crippen molar-refractivity contribution in [1.29, 1.82) is 0 Å². The molecule has 5 nitrogen and oxygen atoms in total. The van der Waals surface area contributed by atoms with Crippen LogP contribution in [0.15, 0.2) is 12.7 Å². The second kappa shape index (κ2) is 5.00. The second-order valence-corrected chi connectivity index (χ2v) is 5.38. The first kappa shape index (κ1) is 12.9. The zero-order valence-corrected chi connectivity index (χ0v) is 10.4. The van der Waals surface area contributed by atoms with Crippen molar-refractivity contribution in [2.75, 3.05) is 6.54 Å². The number of hydrogen-bond donors (Lipinski definition) is 3. The third kappa shape index (κ3) is 3.03. The second-order valence-electron chi connectivity index (χ2n) is 5.38. The van der Waals surface area contributed by atoms with E-state index in [-0.39, 0.29) is 6.42 Å². The lowest BCUT2D eigenvalue weighted by Gasteiger charge is -2.17. The van der Waals surface area contributed by atoms with Gasteiger partial charge in [-0.15, -0.1) is 6.58 Å². The number of aliphatic carboxylic acids is 1. The quantitative estimate of drug-likeness (QED) is 0.601. The molecule has 0 aromatic heterocycles. The van der Waals surface area contributed by atoms with Gasteiger partial charge in [-0.3, -0.25) is 0 Å². The molecule has 2 fully saturated rings. The molecule has 0 heterocycles. The van der Waals surface area contributed by atoms with Crippen LogP contribution in [0.3, 0.4) is 0 Å². The number of carboxylic acids is 1. The zero-order valence-electron chi connectivity index (χ0n) is 10.4. The van der Waals surface area contributed by atoms with Gasteiger partial charge in [-0.05, 0) is 43.4 Å². The van der Waals surface area contributed by atoms with Crippen molar-refractivity contribution in [2.45, 2.75) is 38.1 Å². The Balaban J connectivity index is 1.73. The fourth-order valence-electron chi connectivity index (χ4n) is 2.44. The molecule has 5 heteroatoms. The Morgan fingerprint density at radius 3 is 2.56 bits per heavy atom. The summed E-state index contributed by atoms with van der Waals surface area (Å²) in [6.45, 7) is 4.15. The van der Waals surface area contributed by atoms with E-state index in [9.17, 15) is 9.59 Å². The van der Waals surface area contributed by atoms with E-state index < -0.39 is 18.0 Å². The molecule has 1 atom stereocenters. The summed E-state index contributed by atoms with van der Waals surface area (Å²) in [5.41, 5.74) is 0.328. The van der Waals surface area contributed by atoms with Crippen LogP contribution in [-0.2, 0) is 4.79 Å². The normalized spacial score (nSPS) is 21.8. The largest absolute Gasteiger partial charge is 0.480 e. The number of carbonyl (C=O) groups excluding carboxylic acids is 1.